The van der Waals surface area contributed by atoms with Crippen molar-refractivity contribution >= 4 is 23.0 Å². The molecule has 150 valence electrons. The Labute approximate surface area is 164 Å². The number of ether oxygens (including phenoxy) is 1. The number of benzene rings is 2. The van der Waals surface area contributed by atoms with Gasteiger partial charge in [0, 0.05) is 25.2 Å². The largest absolute Gasteiger partial charge is 0.493 e. The summed E-state index contributed by atoms with van der Waals surface area (Å²) in [6.07, 6.45) is -2.83. The second-order valence-corrected chi connectivity index (χ2v) is 7.07. The van der Waals surface area contributed by atoms with Gasteiger partial charge in [0.15, 0.2) is 0 Å². The van der Waals surface area contributed by atoms with E-state index in [1.807, 2.05) is 4.90 Å². The van der Waals surface area contributed by atoms with Crippen molar-refractivity contribution in [1.82, 2.24) is 0 Å². The second kappa shape index (κ2) is 8.26. The van der Waals surface area contributed by atoms with E-state index < -0.39 is 16.7 Å². The van der Waals surface area contributed by atoms with Crippen LogP contribution in [0.2, 0.25) is 5.02 Å². The highest BCUT2D eigenvalue weighted by molar-refractivity contribution is 6.33. The molecule has 0 bridgehead atoms. The van der Waals surface area contributed by atoms with Crippen LogP contribution in [0.5, 0.6) is 5.75 Å². The summed E-state index contributed by atoms with van der Waals surface area (Å²) in [4.78, 5) is 12.4. The predicted molar refractivity (Wildman–Crippen MR) is 100.0 cm³/mol. The van der Waals surface area contributed by atoms with Crippen molar-refractivity contribution in [2.75, 3.05) is 24.6 Å². The first kappa shape index (κ1) is 20.3. The average molecular weight is 415 g/mol. The van der Waals surface area contributed by atoms with Gasteiger partial charge in [-0.15, -0.1) is 0 Å². The molecule has 1 aliphatic heterocycles. The summed E-state index contributed by atoms with van der Waals surface area (Å²) >= 11 is 6.17. The third-order valence-corrected chi connectivity index (χ3v) is 5.05. The molecule has 0 unspecified atom stereocenters. The van der Waals surface area contributed by atoms with E-state index in [2.05, 4.69) is 0 Å². The fraction of sp³-hybridized carbons (Fsp3) is 0.368. The monoisotopic (exact) mass is 414 g/mol. The van der Waals surface area contributed by atoms with E-state index in [0.29, 0.717) is 24.7 Å². The fourth-order valence-corrected chi connectivity index (χ4v) is 3.48. The molecule has 1 fully saturated rings. The molecule has 0 atom stereocenters. The predicted octanol–water partition coefficient (Wildman–Crippen LogP) is 5.56. The number of non-ortho nitro benzene ring substituents is 1. The van der Waals surface area contributed by atoms with Gasteiger partial charge in [-0.2, -0.15) is 13.2 Å². The van der Waals surface area contributed by atoms with Gasteiger partial charge in [0.2, 0.25) is 0 Å². The van der Waals surface area contributed by atoms with Gasteiger partial charge in [-0.25, -0.2) is 0 Å². The van der Waals surface area contributed by atoms with E-state index in [4.69, 9.17) is 16.3 Å². The van der Waals surface area contributed by atoms with E-state index in [1.165, 1.54) is 24.3 Å². The molecule has 0 aromatic heterocycles. The van der Waals surface area contributed by atoms with Crippen molar-refractivity contribution in [3.63, 3.8) is 0 Å². The molecule has 2 aromatic carbocycles. The van der Waals surface area contributed by atoms with Crippen molar-refractivity contribution in [2.45, 2.75) is 19.0 Å². The number of hydrogen-bond acceptors (Lipinski definition) is 4. The number of anilines is 1. The van der Waals surface area contributed by atoms with Crippen LogP contribution in [-0.4, -0.2) is 24.6 Å². The van der Waals surface area contributed by atoms with Gasteiger partial charge < -0.3 is 9.64 Å². The Morgan fingerprint density at radius 2 is 1.89 bits per heavy atom. The van der Waals surface area contributed by atoms with Crippen LogP contribution < -0.4 is 9.64 Å². The fourth-order valence-electron chi connectivity index (χ4n) is 3.18. The Bertz CT molecular complexity index is 853. The molecule has 0 aliphatic carbocycles. The molecule has 0 spiro atoms. The molecular weight excluding hydrogens is 397 g/mol. The Balaban J connectivity index is 1.54. The topological polar surface area (TPSA) is 55.6 Å². The molecular formula is C19H18ClF3N2O3. The summed E-state index contributed by atoms with van der Waals surface area (Å²) in [6, 6.07) is 9.26. The third-order valence-electron chi connectivity index (χ3n) is 4.74. The summed E-state index contributed by atoms with van der Waals surface area (Å²) < 4.78 is 43.8. The SMILES string of the molecule is O=[N+]([O-])c1ccc(N2CCC(COc3cccc(C(F)(F)F)c3)CC2)c(Cl)c1. The van der Waals surface area contributed by atoms with Gasteiger partial charge in [-0.1, -0.05) is 17.7 Å². The lowest BCUT2D eigenvalue weighted by molar-refractivity contribution is -0.384. The first-order valence-electron chi connectivity index (χ1n) is 8.73. The molecule has 1 heterocycles. The molecule has 1 aliphatic rings. The van der Waals surface area contributed by atoms with Gasteiger partial charge in [0.05, 0.1) is 27.8 Å². The third kappa shape index (κ3) is 4.86. The lowest BCUT2D eigenvalue weighted by Gasteiger charge is -2.34. The minimum absolute atomic E-state index is 0.0573. The molecule has 0 radical (unpaired) electrons. The first-order chi connectivity index (χ1) is 13.2. The zero-order valence-electron chi connectivity index (χ0n) is 14.8. The Morgan fingerprint density at radius 1 is 1.18 bits per heavy atom. The number of halogens is 4. The lowest BCUT2D eigenvalue weighted by Crippen LogP contribution is -2.35. The molecule has 3 rings (SSSR count). The minimum atomic E-state index is -4.39. The van der Waals surface area contributed by atoms with Gasteiger partial charge in [0.25, 0.3) is 5.69 Å². The summed E-state index contributed by atoms with van der Waals surface area (Å²) in [5.41, 5.74) is -0.0460. The van der Waals surface area contributed by atoms with E-state index in [9.17, 15) is 23.3 Å². The summed E-state index contributed by atoms with van der Waals surface area (Å²) in [5, 5.41) is 11.1. The summed E-state index contributed by atoms with van der Waals surface area (Å²) in [6.45, 7) is 1.71. The Kier molecular flexibility index (Phi) is 5.98. The van der Waals surface area contributed by atoms with Crippen LogP contribution >= 0.6 is 11.6 Å². The molecule has 0 saturated carbocycles. The number of alkyl halides is 3. The maximum Gasteiger partial charge on any atom is 0.416 e. The lowest BCUT2D eigenvalue weighted by atomic mass is 9.97. The standard InChI is InChI=1S/C19H18ClF3N2O3/c20-17-11-15(25(26)27)4-5-18(17)24-8-6-13(7-9-24)12-28-16-3-1-2-14(10-16)19(21,22)23/h1-5,10-11,13H,6-9,12H2. The van der Waals surface area contributed by atoms with Crippen molar-refractivity contribution in [1.29, 1.82) is 0 Å². The smallest absolute Gasteiger partial charge is 0.416 e. The van der Waals surface area contributed by atoms with Gasteiger partial charge in [0.1, 0.15) is 5.75 Å². The van der Waals surface area contributed by atoms with Crippen molar-refractivity contribution in [3.8, 4) is 5.75 Å². The highest BCUT2D eigenvalue weighted by Crippen LogP contribution is 2.34. The van der Waals surface area contributed by atoms with Crippen LogP contribution in [0, 0.1) is 16.0 Å². The molecule has 0 amide bonds. The van der Waals surface area contributed by atoms with E-state index in [-0.39, 0.29) is 17.4 Å². The second-order valence-electron chi connectivity index (χ2n) is 6.66. The van der Waals surface area contributed by atoms with Crippen LogP contribution in [0.4, 0.5) is 24.5 Å². The zero-order chi connectivity index (χ0) is 20.3. The van der Waals surface area contributed by atoms with E-state index in [1.54, 1.807) is 6.07 Å². The molecule has 5 nitrogen and oxygen atoms in total. The van der Waals surface area contributed by atoms with Crippen LogP contribution in [-0.2, 0) is 6.18 Å². The van der Waals surface area contributed by atoms with Gasteiger partial charge >= 0.3 is 6.18 Å². The number of piperidine rings is 1. The highest BCUT2D eigenvalue weighted by atomic mass is 35.5. The maximum atomic E-state index is 12.8. The molecule has 0 N–H and O–H groups in total. The first-order valence-corrected chi connectivity index (χ1v) is 9.11. The van der Waals surface area contributed by atoms with Crippen LogP contribution in [0.1, 0.15) is 18.4 Å². The summed E-state index contributed by atoms with van der Waals surface area (Å²) in [5.74, 6) is 0.415. The van der Waals surface area contributed by atoms with Crippen LogP contribution in [0.25, 0.3) is 0 Å². The minimum Gasteiger partial charge on any atom is -0.493 e. The number of hydrogen-bond donors (Lipinski definition) is 0. The van der Waals surface area contributed by atoms with Crippen molar-refractivity contribution in [3.05, 3.63) is 63.2 Å². The molecule has 9 heteroatoms. The van der Waals surface area contributed by atoms with Crippen molar-refractivity contribution in [2.24, 2.45) is 5.92 Å². The van der Waals surface area contributed by atoms with Gasteiger partial charge in [-0.05, 0) is 43.0 Å². The van der Waals surface area contributed by atoms with E-state index in [0.717, 1.165) is 30.7 Å². The molecule has 28 heavy (non-hydrogen) atoms. The van der Waals surface area contributed by atoms with Crippen LogP contribution in [0.15, 0.2) is 42.5 Å². The Hall–Kier alpha value is -2.48. The average Bonchev–Trinajstić information content (AvgIpc) is 2.66. The Morgan fingerprint density at radius 3 is 2.50 bits per heavy atom. The van der Waals surface area contributed by atoms with Crippen molar-refractivity contribution < 1.29 is 22.8 Å². The van der Waals surface area contributed by atoms with Gasteiger partial charge in [-0.3, -0.25) is 10.1 Å². The number of rotatable bonds is 5. The molecule has 2 aromatic rings. The summed E-state index contributed by atoms with van der Waals surface area (Å²) in [7, 11) is 0. The van der Waals surface area contributed by atoms with E-state index >= 15 is 0 Å². The maximum absolute atomic E-state index is 12.8. The zero-order valence-corrected chi connectivity index (χ0v) is 15.5. The molecule has 1 saturated heterocycles. The van der Waals surface area contributed by atoms with Crippen LogP contribution in [0.3, 0.4) is 0 Å². The highest BCUT2D eigenvalue weighted by Gasteiger charge is 2.30. The normalized spacial score (nSPS) is 15.5. The number of nitrogens with zero attached hydrogens (tertiary/aromatic N) is 2. The quantitative estimate of drug-likeness (QED) is 0.474. The number of nitro groups is 1. The number of nitro benzene ring substituents is 1.